The summed E-state index contributed by atoms with van der Waals surface area (Å²) in [6.45, 7) is 4.95. The Bertz CT molecular complexity index is 455. The van der Waals surface area contributed by atoms with Gasteiger partial charge in [0, 0.05) is 11.1 Å². The number of hydrogen-bond donors (Lipinski definition) is 1. The molecule has 1 unspecified atom stereocenters. The fraction of sp³-hybridized carbons (Fsp3) is 0.667. The maximum absolute atomic E-state index is 13.6. The van der Waals surface area contributed by atoms with E-state index in [1.54, 1.807) is 0 Å². The van der Waals surface area contributed by atoms with Crippen LogP contribution in [0, 0.1) is 18.7 Å². The summed E-state index contributed by atoms with van der Waals surface area (Å²) in [5, 5.41) is 4.14. The second-order valence-corrected chi connectivity index (χ2v) is 6.76. The van der Waals surface area contributed by atoms with Gasteiger partial charge in [-0.3, -0.25) is 0 Å². The van der Waals surface area contributed by atoms with Crippen molar-refractivity contribution in [2.45, 2.75) is 64.8 Å². The van der Waals surface area contributed by atoms with E-state index in [0.717, 1.165) is 30.9 Å². The summed E-state index contributed by atoms with van der Waals surface area (Å²) in [4.78, 5) is 0. The van der Waals surface area contributed by atoms with Crippen molar-refractivity contribution >= 4 is 11.6 Å². The Morgan fingerprint density at radius 3 is 2.71 bits per heavy atom. The van der Waals surface area contributed by atoms with Gasteiger partial charge in [-0.25, -0.2) is 4.39 Å². The summed E-state index contributed by atoms with van der Waals surface area (Å²) in [5.41, 5.74) is 1.74. The Kier molecular flexibility index (Phi) is 6.50. The fourth-order valence-electron chi connectivity index (χ4n) is 3.33. The van der Waals surface area contributed by atoms with Gasteiger partial charge in [0.25, 0.3) is 0 Å². The molecule has 1 fully saturated rings. The summed E-state index contributed by atoms with van der Waals surface area (Å²) in [6, 6.07) is 3.62. The predicted molar refractivity (Wildman–Crippen MR) is 88.4 cm³/mol. The second-order valence-electron chi connectivity index (χ2n) is 6.36. The smallest absolute Gasteiger partial charge is 0.127 e. The lowest BCUT2D eigenvalue weighted by Gasteiger charge is -2.22. The van der Waals surface area contributed by atoms with Crippen molar-refractivity contribution < 1.29 is 4.39 Å². The predicted octanol–water partition coefficient (Wildman–Crippen LogP) is 5.80. The summed E-state index contributed by atoms with van der Waals surface area (Å²) in [7, 11) is 0. The Morgan fingerprint density at radius 2 is 2.05 bits per heavy atom. The molecule has 2 rings (SSSR count). The monoisotopic (exact) mass is 311 g/mol. The van der Waals surface area contributed by atoms with Crippen LogP contribution in [0.2, 0.25) is 5.02 Å². The zero-order valence-corrected chi connectivity index (χ0v) is 14.0. The number of nitrogens with one attached hydrogen (secondary N) is 1. The summed E-state index contributed by atoms with van der Waals surface area (Å²) < 4.78 is 13.6. The van der Waals surface area contributed by atoms with Crippen LogP contribution < -0.4 is 5.32 Å². The molecule has 1 nitrogen and oxygen atoms in total. The first-order chi connectivity index (χ1) is 10.1. The number of aryl methyl sites for hydroxylation is 1. The summed E-state index contributed by atoms with van der Waals surface area (Å²) in [6.07, 6.45) is 8.94. The highest BCUT2D eigenvalue weighted by Crippen LogP contribution is 2.34. The highest BCUT2D eigenvalue weighted by atomic mass is 35.5. The molecule has 1 saturated carbocycles. The zero-order chi connectivity index (χ0) is 15.2. The van der Waals surface area contributed by atoms with Crippen molar-refractivity contribution in [3.63, 3.8) is 0 Å². The molecule has 1 aliphatic rings. The van der Waals surface area contributed by atoms with E-state index in [2.05, 4.69) is 12.2 Å². The van der Waals surface area contributed by atoms with Gasteiger partial charge in [0.2, 0.25) is 0 Å². The third kappa shape index (κ3) is 4.69. The van der Waals surface area contributed by atoms with Gasteiger partial charge in [0.1, 0.15) is 5.82 Å². The van der Waals surface area contributed by atoms with Crippen LogP contribution in [0.25, 0.3) is 0 Å². The first-order valence-electron chi connectivity index (χ1n) is 8.30. The minimum absolute atomic E-state index is 0.214. The van der Waals surface area contributed by atoms with Gasteiger partial charge >= 0.3 is 0 Å². The number of benzene rings is 1. The van der Waals surface area contributed by atoms with Crippen molar-refractivity contribution in [1.82, 2.24) is 5.32 Å². The molecule has 0 heterocycles. The molecule has 0 radical (unpaired) electrons. The fourth-order valence-corrected chi connectivity index (χ4v) is 3.62. The van der Waals surface area contributed by atoms with Gasteiger partial charge in [-0.05, 0) is 55.8 Å². The molecular weight excluding hydrogens is 285 g/mol. The average molecular weight is 312 g/mol. The van der Waals surface area contributed by atoms with E-state index in [0.29, 0.717) is 10.6 Å². The van der Waals surface area contributed by atoms with Crippen LogP contribution in [0.5, 0.6) is 0 Å². The standard InChI is InChI=1S/C18H27ClFN/c1-3-10-21-18(9-8-14-6-4-5-7-14)15-11-13(2)17(20)12-16(15)19/h11-12,14,18,21H,3-10H2,1-2H3. The largest absolute Gasteiger partial charge is 0.310 e. The van der Waals surface area contributed by atoms with Gasteiger partial charge in [0.15, 0.2) is 0 Å². The van der Waals surface area contributed by atoms with Gasteiger partial charge in [-0.1, -0.05) is 50.3 Å². The lowest BCUT2D eigenvalue weighted by atomic mass is 9.94. The van der Waals surface area contributed by atoms with E-state index in [1.807, 2.05) is 13.0 Å². The van der Waals surface area contributed by atoms with Crippen LogP contribution in [0.15, 0.2) is 12.1 Å². The van der Waals surface area contributed by atoms with E-state index in [4.69, 9.17) is 11.6 Å². The molecular formula is C18H27ClFN. The molecule has 1 aliphatic carbocycles. The Morgan fingerprint density at radius 1 is 1.33 bits per heavy atom. The molecule has 3 heteroatoms. The van der Waals surface area contributed by atoms with E-state index in [1.165, 1.54) is 38.2 Å². The molecule has 0 spiro atoms. The van der Waals surface area contributed by atoms with E-state index >= 15 is 0 Å². The molecule has 21 heavy (non-hydrogen) atoms. The first kappa shape index (κ1) is 16.8. The number of hydrogen-bond acceptors (Lipinski definition) is 1. The first-order valence-corrected chi connectivity index (χ1v) is 8.68. The van der Waals surface area contributed by atoms with Crippen molar-refractivity contribution in [3.8, 4) is 0 Å². The summed E-state index contributed by atoms with van der Waals surface area (Å²) in [5.74, 6) is 0.657. The maximum atomic E-state index is 13.6. The molecule has 1 N–H and O–H groups in total. The number of rotatable bonds is 7. The van der Waals surface area contributed by atoms with Gasteiger partial charge in [-0.15, -0.1) is 0 Å². The SMILES string of the molecule is CCCNC(CCC1CCCC1)c1cc(C)c(F)cc1Cl. The molecule has 1 atom stereocenters. The Labute approximate surface area is 133 Å². The van der Waals surface area contributed by atoms with Gasteiger partial charge < -0.3 is 5.32 Å². The molecule has 0 aliphatic heterocycles. The van der Waals surface area contributed by atoms with Crippen LogP contribution >= 0.6 is 11.6 Å². The quantitative estimate of drug-likeness (QED) is 0.671. The molecule has 118 valence electrons. The van der Waals surface area contributed by atoms with Crippen molar-refractivity contribution in [2.75, 3.05) is 6.54 Å². The third-order valence-electron chi connectivity index (χ3n) is 4.63. The van der Waals surface area contributed by atoms with Crippen molar-refractivity contribution in [3.05, 3.63) is 34.1 Å². The molecule has 0 amide bonds. The lowest BCUT2D eigenvalue weighted by Crippen LogP contribution is -2.23. The Balaban J connectivity index is 2.08. The summed E-state index contributed by atoms with van der Waals surface area (Å²) >= 11 is 6.29. The van der Waals surface area contributed by atoms with E-state index in [9.17, 15) is 4.39 Å². The van der Waals surface area contributed by atoms with Crippen LogP contribution in [-0.2, 0) is 0 Å². The van der Waals surface area contributed by atoms with Crippen molar-refractivity contribution in [1.29, 1.82) is 0 Å². The van der Waals surface area contributed by atoms with Crippen LogP contribution in [-0.4, -0.2) is 6.54 Å². The zero-order valence-electron chi connectivity index (χ0n) is 13.2. The molecule has 0 saturated heterocycles. The highest BCUT2D eigenvalue weighted by Gasteiger charge is 2.20. The minimum Gasteiger partial charge on any atom is -0.310 e. The van der Waals surface area contributed by atoms with Crippen LogP contribution in [0.4, 0.5) is 4.39 Å². The normalized spacial score (nSPS) is 17.3. The molecule has 0 aromatic heterocycles. The topological polar surface area (TPSA) is 12.0 Å². The average Bonchev–Trinajstić information content (AvgIpc) is 2.97. The van der Waals surface area contributed by atoms with Crippen LogP contribution in [0.3, 0.4) is 0 Å². The molecule has 1 aromatic carbocycles. The van der Waals surface area contributed by atoms with E-state index < -0.39 is 0 Å². The number of halogens is 2. The molecule has 0 bridgehead atoms. The second kappa shape index (κ2) is 8.14. The minimum atomic E-state index is -0.214. The van der Waals surface area contributed by atoms with Crippen molar-refractivity contribution in [2.24, 2.45) is 5.92 Å². The molecule has 1 aromatic rings. The lowest BCUT2D eigenvalue weighted by molar-refractivity contribution is 0.411. The van der Waals surface area contributed by atoms with Gasteiger partial charge in [-0.2, -0.15) is 0 Å². The third-order valence-corrected chi connectivity index (χ3v) is 4.96. The van der Waals surface area contributed by atoms with Crippen LogP contribution in [0.1, 0.15) is 69.0 Å². The highest BCUT2D eigenvalue weighted by molar-refractivity contribution is 6.31. The van der Waals surface area contributed by atoms with Gasteiger partial charge in [0.05, 0.1) is 0 Å². The van der Waals surface area contributed by atoms with E-state index in [-0.39, 0.29) is 11.9 Å². The maximum Gasteiger partial charge on any atom is 0.127 e. The Hall–Kier alpha value is -0.600.